The van der Waals surface area contributed by atoms with Crippen LogP contribution in [0.4, 0.5) is 0 Å². The Bertz CT molecular complexity index is 410. The molecule has 1 aromatic heterocycles. The van der Waals surface area contributed by atoms with Gasteiger partial charge in [-0.1, -0.05) is 6.42 Å². The summed E-state index contributed by atoms with van der Waals surface area (Å²) >= 11 is 0. The SMILES string of the molecule is NCCCCCN1C(=O)c2cccnc2C1=O. The van der Waals surface area contributed by atoms with Gasteiger partial charge < -0.3 is 5.73 Å². The lowest BCUT2D eigenvalue weighted by Gasteiger charge is -2.12. The first-order valence-electron chi connectivity index (χ1n) is 5.77. The van der Waals surface area contributed by atoms with Crippen LogP contribution in [-0.2, 0) is 0 Å². The van der Waals surface area contributed by atoms with Crippen LogP contribution in [0.25, 0.3) is 0 Å². The fraction of sp³-hybridized carbons (Fsp3) is 0.417. The molecule has 2 amide bonds. The summed E-state index contributed by atoms with van der Waals surface area (Å²) in [7, 11) is 0. The third-order valence-electron chi connectivity index (χ3n) is 2.82. The van der Waals surface area contributed by atoms with Crippen LogP contribution in [0.2, 0.25) is 0 Å². The van der Waals surface area contributed by atoms with Crippen molar-refractivity contribution in [1.82, 2.24) is 9.88 Å². The first kappa shape index (κ1) is 11.7. The van der Waals surface area contributed by atoms with E-state index in [0.29, 0.717) is 18.7 Å². The number of rotatable bonds is 5. The Morgan fingerprint density at radius 3 is 2.71 bits per heavy atom. The van der Waals surface area contributed by atoms with E-state index in [9.17, 15) is 9.59 Å². The van der Waals surface area contributed by atoms with Crippen molar-refractivity contribution in [3.8, 4) is 0 Å². The molecule has 0 atom stereocenters. The van der Waals surface area contributed by atoms with Crippen LogP contribution < -0.4 is 5.73 Å². The lowest BCUT2D eigenvalue weighted by atomic mass is 10.2. The Labute approximate surface area is 99.6 Å². The van der Waals surface area contributed by atoms with Crippen LogP contribution in [0.5, 0.6) is 0 Å². The molecule has 1 aliphatic rings. The van der Waals surface area contributed by atoms with E-state index in [0.717, 1.165) is 19.3 Å². The molecule has 0 spiro atoms. The zero-order chi connectivity index (χ0) is 12.3. The third-order valence-corrected chi connectivity index (χ3v) is 2.82. The largest absolute Gasteiger partial charge is 0.330 e. The number of hydrogen-bond acceptors (Lipinski definition) is 4. The molecule has 90 valence electrons. The maximum absolute atomic E-state index is 11.9. The second kappa shape index (κ2) is 5.05. The van der Waals surface area contributed by atoms with Crippen LogP contribution in [0.15, 0.2) is 18.3 Å². The molecule has 17 heavy (non-hydrogen) atoms. The van der Waals surface area contributed by atoms with Gasteiger partial charge in [0, 0.05) is 12.7 Å². The van der Waals surface area contributed by atoms with E-state index in [2.05, 4.69) is 4.98 Å². The van der Waals surface area contributed by atoms with Gasteiger partial charge in [0.25, 0.3) is 11.8 Å². The standard InChI is InChI=1S/C12H15N3O2/c13-6-2-1-3-8-15-11(16)9-5-4-7-14-10(9)12(15)17/h4-5,7H,1-3,6,8,13H2. The molecule has 0 unspecified atom stereocenters. The van der Waals surface area contributed by atoms with Crippen molar-refractivity contribution in [2.75, 3.05) is 13.1 Å². The predicted molar refractivity (Wildman–Crippen MR) is 62.5 cm³/mol. The lowest BCUT2D eigenvalue weighted by molar-refractivity contribution is 0.0650. The molecule has 0 bridgehead atoms. The van der Waals surface area contributed by atoms with E-state index in [1.54, 1.807) is 12.1 Å². The molecule has 0 saturated heterocycles. The van der Waals surface area contributed by atoms with Gasteiger partial charge in [-0.15, -0.1) is 0 Å². The summed E-state index contributed by atoms with van der Waals surface area (Å²) in [6.07, 6.45) is 4.17. The van der Waals surface area contributed by atoms with Gasteiger partial charge in [-0.05, 0) is 31.5 Å². The van der Waals surface area contributed by atoms with Gasteiger partial charge in [-0.2, -0.15) is 0 Å². The predicted octanol–water partition coefficient (Wildman–Crippen LogP) is 0.807. The third kappa shape index (κ3) is 2.19. The highest BCUT2D eigenvalue weighted by molar-refractivity contribution is 6.20. The van der Waals surface area contributed by atoms with Gasteiger partial charge in [0.05, 0.1) is 5.56 Å². The number of carbonyl (C=O) groups is 2. The van der Waals surface area contributed by atoms with E-state index in [1.165, 1.54) is 11.1 Å². The monoisotopic (exact) mass is 233 g/mol. The maximum atomic E-state index is 11.9. The zero-order valence-electron chi connectivity index (χ0n) is 9.56. The number of unbranched alkanes of at least 4 members (excludes halogenated alkanes) is 2. The Kier molecular flexibility index (Phi) is 3.49. The van der Waals surface area contributed by atoms with Crippen LogP contribution in [-0.4, -0.2) is 34.8 Å². The second-order valence-electron chi connectivity index (χ2n) is 4.01. The van der Waals surface area contributed by atoms with Crippen molar-refractivity contribution in [1.29, 1.82) is 0 Å². The molecular formula is C12H15N3O2. The van der Waals surface area contributed by atoms with Crippen molar-refractivity contribution < 1.29 is 9.59 Å². The van der Waals surface area contributed by atoms with Crippen molar-refractivity contribution in [3.05, 3.63) is 29.6 Å². The molecule has 2 N–H and O–H groups in total. The minimum Gasteiger partial charge on any atom is -0.330 e. The van der Waals surface area contributed by atoms with Crippen LogP contribution >= 0.6 is 0 Å². The fourth-order valence-electron chi connectivity index (χ4n) is 1.91. The number of nitrogens with zero attached hydrogens (tertiary/aromatic N) is 2. The Hall–Kier alpha value is -1.75. The minimum atomic E-state index is -0.279. The summed E-state index contributed by atoms with van der Waals surface area (Å²) in [5.74, 6) is -0.510. The Morgan fingerprint density at radius 1 is 1.18 bits per heavy atom. The van der Waals surface area contributed by atoms with Crippen molar-refractivity contribution in [3.63, 3.8) is 0 Å². The molecule has 1 aliphatic heterocycles. The van der Waals surface area contributed by atoms with E-state index in [4.69, 9.17) is 5.73 Å². The number of aromatic nitrogens is 1. The summed E-state index contributed by atoms with van der Waals surface area (Å²) in [6, 6.07) is 3.31. The molecule has 5 nitrogen and oxygen atoms in total. The van der Waals surface area contributed by atoms with E-state index in [1.807, 2.05) is 0 Å². The number of imide groups is 1. The van der Waals surface area contributed by atoms with Gasteiger partial charge in [-0.25, -0.2) is 0 Å². The smallest absolute Gasteiger partial charge is 0.280 e. The van der Waals surface area contributed by atoms with E-state index in [-0.39, 0.29) is 17.5 Å². The van der Waals surface area contributed by atoms with Crippen molar-refractivity contribution in [2.45, 2.75) is 19.3 Å². The first-order chi connectivity index (χ1) is 8.25. The molecule has 1 aromatic rings. The van der Waals surface area contributed by atoms with Gasteiger partial charge >= 0.3 is 0 Å². The summed E-state index contributed by atoms with van der Waals surface area (Å²) in [4.78, 5) is 29.0. The van der Waals surface area contributed by atoms with Crippen molar-refractivity contribution in [2.24, 2.45) is 5.73 Å². The number of pyridine rings is 1. The lowest BCUT2D eigenvalue weighted by Crippen LogP contribution is -2.30. The summed E-state index contributed by atoms with van der Waals surface area (Å²) < 4.78 is 0. The van der Waals surface area contributed by atoms with E-state index < -0.39 is 0 Å². The molecule has 0 fully saturated rings. The Balaban J connectivity index is 2.03. The second-order valence-corrected chi connectivity index (χ2v) is 4.01. The number of hydrogen-bond donors (Lipinski definition) is 1. The fourth-order valence-corrected chi connectivity index (χ4v) is 1.91. The minimum absolute atomic E-state index is 0.231. The quantitative estimate of drug-likeness (QED) is 0.603. The molecular weight excluding hydrogens is 218 g/mol. The number of carbonyl (C=O) groups excluding carboxylic acids is 2. The van der Waals surface area contributed by atoms with Gasteiger partial charge in [-0.3, -0.25) is 19.5 Å². The number of fused-ring (bicyclic) bond motifs is 1. The first-order valence-corrected chi connectivity index (χ1v) is 5.77. The summed E-state index contributed by atoms with van der Waals surface area (Å²) in [5.41, 5.74) is 6.08. The summed E-state index contributed by atoms with van der Waals surface area (Å²) in [5, 5.41) is 0. The highest BCUT2D eigenvalue weighted by Crippen LogP contribution is 2.20. The molecule has 2 rings (SSSR count). The molecule has 0 aromatic carbocycles. The average molecular weight is 233 g/mol. The molecule has 2 heterocycles. The zero-order valence-corrected chi connectivity index (χ0v) is 9.56. The Morgan fingerprint density at radius 2 is 2.00 bits per heavy atom. The average Bonchev–Trinajstić information content (AvgIpc) is 2.60. The van der Waals surface area contributed by atoms with Gasteiger partial charge in [0.1, 0.15) is 5.69 Å². The molecule has 5 heteroatoms. The molecule has 0 aliphatic carbocycles. The summed E-state index contributed by atoms with van der Waals surface area (Å²) in [6.45, 7) is 1.09. The highest BCUT2D eigenvalue weighted by Gasteiger charge is 2.35. The van der Waals surface area contributed by atoms with Crippen LogP contribution in [0.1, 0.15) is 40.1 Å². The molecule has 0 saturated carbocycles. The van der Waals surface area contributed by atoms with Crippen LogP contribution in [0.3, 0.4) is 0 Å². The normalized spacial score (nSPS) is 14.3. The highest BCUT2D eigenvalue weighted by atomic mass is 16.2. The van der Waals surface area contributed by atoms with Gasteiger partial charge in [0.2, 0.25) is 0 Å². The van der Waals surface area contributed by atoms with Crippen LogP contribution in [0, 0.1) is 0 Å². The maximum Gasteiger partial charge on any atom is 0.280 e. The topological polar surface area (TPSA) is 76.3 Å². The van der Waals surface area contributed by atoms with Crippen molar-refractivity contribution >= 4 is 11.8 Å². The van der Waals surface area contributed by atoms with E-state index >= 15 is 0 Å². The number of amides is 2. The van der Waals surface area contributed by atoms with Gasteiger partial charge in [0.15, 0.2) is 0 Å². The molecule has 0 radical (unpaired) electrons. The number of nitrogens with two attached hydrogens (primary N) is 1.